The summed E-state index contributed by atoms with van der Waals surface area (Å²) in [4.78, 5) is 33.9. The second-order valence-corrected chi connectivity index (χ2v) is 6.19. The molecule has 3 rings (SSSR count). The standard InChI is InChI=1S/C18H16FN3O6/c19-13-6-5-11(9-14(13)22(26)27)21-17(24)16(23)20-10-18(25)7-8-28-15-4-2-1-3-12(15)18/h1-6,9,25H,7-8,10H2,(H,20,23)(H,21,24). The molecule has 0 saturated heterocycles. The van der Waals surface area contributed by atoms with E-state index in [1.54, 1.807) is 24.3 Å². The summed E-state index contributed by atoms with van der Waals surface area (Å²) in [5, 5.41) is 26.1. The number of rotatable bonds is 4. The first-order valence-corrected chi connectivity index (χ1v) is 8.28. The highest BCUT2D eigenvalue weighted by Gasteiger charge is 2.36. The van der Waals surface area contributed by atoms with Crippen molar-refractivity contribution in [2.75, 3.05) is 18.5 Å². The van der Waals surface area contributed by atoms with E-state index in [0.717, 1.165) is 18.2 Å². The van der Waals surface area contributed by atoms with Crippen LogP contribution in [0.1, 0.15) is 12.0 Å². The van der Waals surface area contributed by atoms with Crippen LogP contribution >= 0.6 is 0 Å². The van der Waals surface area contributed by atoms with Crippen molar-refractivity contribution in [3.8, 4) is 5.75 Å². The van der Waals surface area contributed by atoms with Crippen LogP contribution < -0.4 is 15.4 Å². The average Bonchev–Trinajstić information content (AvgIpc) is 2.68. The van der Waals surface area contributed by atoms with Crippen molar-refractivity contribution < 1.29 is 28.7 Å². The number of benzene rings is 2. The maximum atomic E-state index is 13.3. The minimum Gasteiger partial charge on any atom is -0.493 e. The van der Waals surface area contributed by atoms with Crippen LogP contribution in [-0.2, 0) is 15.2 Å². The maximum absolute atomic E-state index is 13.3. The summed E-state index contributed by atoms with van der Waals surface area (Å²) in [6, 6.07) is 9.53. The van der Waals surface area contributed by atoms with E-state index < -0.39 is 33.8 Å². The van der Waals surface area contributed by atoms with E-state index in [0.29, 0.717) is 11.3 Å². The van der Waals surface area contributed by atoms with Gasteiger partial charge in [-0.2, -0.15) is 4.39 Å². The van der Waals surface area contributed by atoms with Gasteiger partial charge in [0, 0.05) is 23.7 Å². The summed E-state index contributed by atoms with van der Waals surface area (Å²) in [5.41, 5.74) is -1.84. The number of nitro benzene ring substituents is 1. The molecule has 2 aromatic carbocycles. The number of nitrogens with zero attached hydrogens (tertiary/aromatic N) is 1. The Morgan fingerprint density at radius 1 is 1.25 bits per heavy atom. The Hall–Kier alpha value is -3.53. The molecule has 1 heterocycles. The molecule has 1 aliphatic rings. The van der Waals surface area contributed by atoms with Crippen molar-refractivity contribution in [2.45, 2.75) is 12.0 Å². The van der Waals surface area contributed by atoms with Crippen LogP contribution in [0, 0.1) is 15.9 Å². The summed E-state index contributed by atoms with van der Waals surface area (Å²) in [6.07, 6.45) is 0.218. The first kappa shape index (κ1) is 19.2. The number of aliphatic hydroxyl groups is 1. The lowest BCUT2D eigenvalue weighted by atomic mass is 9.88. The van der Waals surface area contributed by atoms with Crippen molar-refractivity contribution in [3.05, 3.63) is 64.0 Å². The molecule has 2 amide bonds. The number of nitro groups is 1. The highest BCUT2D eigenvalue weighted by Crippen LogP contribution is 2.36. The second-order valence-electron chi connectivity index (χ2n) is 6.19. The van der Waals surface area contributed by atoms with E-state index in [2.05, 4.69) is 10.6 Å². The number of hydrogen-bond donors (Lipinski definition) is 3. The first-order valence-electron chi connectivity index (χ1n) is 8.28. The van der Waals surface area contributed by atoms with Crippen molar-refractivity contribution in [2.24, 2.45) is 0 Å². The maximum Gasteiger partial charge on any atom is 0.313 e. The fourth-order valence-corrected chi connectivity index (χ4v) is 2.85. The van der Waals surface area contributed by atoms with Crippen LogP contribution in [0.4, 0.5) is 15.8 Å². The van der Waals surface area contributed by atoms with Gasteiger partial charge in [0.2, 0.25) is 5.82 Å². The molecule has 0 spiro atoms. The molecule has 2 aromatic rings. The quantitative estimate of drug-likeness (QED) is 0.412. The Bertz CT molecular complexity index is 951. The number of para-hydroxylation sites is 1. The lowest BCUT2D eigenvalue weighted by molar-refractivity contribution is -0.387. The molecule has 0 aliphatic carbocycles. The summed E-state index contributed by atoms with van der Waals surface area (Å²) >= 11 is 0. The lowest BCUT2D eigenvalue weighted by Gasteiger charge is -2.34. The summed E-state index contributed by atoms with van der Waals surface area (Å²) in [6.45, 7) is 0.0119. The fraction of sp³-hybridized carbons (Fsp3) is 0.222. The number of ether oxygens (including phenoxy) is 1. The Kier molecular flexibility index (Phi) is 5.23. The number of anilines is 1. The van der Waals surface area contributed by atoms with E-state index in [-0.39, 0.29) is 25.3 Å². The number of fused-ring (bicyclic) bond motifs is 1. The first-order chi connectivity index (χ1) is 13.3. The zero-order chi connectivity index (χ0) is 20.3. The van der Waals surface area contributed by atoms with Crippen LogP contribution in [0.25, 0.3) is 0 Å². The van der Waals surface area contributed by atoms with Gasteiger partial charge in [0.1, 0.15) is 11.4 Å². The van der Waals surface area contributed by atoms with E-state index in [1.165, 1.54) is 0 Å². The molecule has 0 aromatic heterocycles. The van der Waals surface area contributed by atoms with E-state index in [4.69, 9.17) is 4.74 Å². The van der Waals surface area contributed by atoms with Gasteiger partial charge in [0.15, 0.2) is 0 Å². The molecule has 28 heavy (non-hydrogen) atoms. The van der Waals surface area contributed by atoms with Gasteiger partial charge in [0.25, 0.3) is 0 Å². The highest BCUT2D eigenvalue weighted by atomic mass is 19.1. The Balaban J connectivity index is 1.65. The SMILES string of the molecule is O=C(NCC1(O)CCOc2ccccc21)C(=O)Nc1ccc(F)c([N+](=O)[O-])c1. The smallest absolute Gasteiger partial charge is 0.313 e. The van der Waals surface area contributed by atoms with E-state index in [9.17, 15) is 29.2 Å². The van der Waals surface area contributed by atoms with Gasteiger partial charge < -0.3 is 20.5 Å². The Labute approximate surface area is 158 Å². The zero-order valence-electron chi connectivity index (χ0n) is 14.5. The monoisotopic (exact) mass is 389 g/mol. The van der Waals surface area contributed by atoms with Gasteiger partial charge in [-0.25, -0.2) is 0 Å². The summed E-state index contributed by atoms with van der Waals surface area (Å²) in [7, 11) is 0. The fourth-order valence-electron chi connectivity index (χ4n) is 2.85. The van der Waals surface area contributed by atoms with Gasteiger partial charge in [0.05, 0.1) is 18.1 Å². The van der Waals surface area contributed by atoms with E-state index in [1.807, 2.05) is 0 Å². The van der Waals surface area contributed by atoms with Gasteiger partial charge in [-0.1, -0.05) is 18.2 Å². The number of amides is 2. The third-order valence-corrected chi connectivity index (χ3v) is 4.31. The van der Waals surface area contributed by atoms with Gasteiger partial charge >= 0.3 is 17.5 Å². The minimum absolute atomic E-state index is 0.108. The number of hydrogen-bond acceptors (Lipinski definition) is 6. The predicted molar refractivity (Wildman–Crippen MR) is 95.1 cm³/mol. The summed E-state index contributed by atoms with van der Waals surface area (Å²) < 4.78 is 18.8. The van der Waals surface area contributed by atoms with Crippen LogP contribution in [0.2, 0.25) is 0 Å². The lowest BCUT2D eigenvalue weighted by Crippen LogP contribution is -2.46. The second kappa shape index (κ2) is 7.61. The Morgan fingerprint density at radius 3 is 2.75 bits per heavy atom. The largest absolute Gasteiger partial charge is 0.493 e. The third-order valence-electron chi connectivity index (χ3n) is 4.31. The summed E-state index contributed by atoms with van der Waals surface area (Å²) in [5.74, 6) is -2.73. The molecule has 0 bridgehead atoms. The third kappa shape index (κ3) is 3.91. The molecular formula is C18H16FN3O6. The Morgan fingerprint density at radius 2 is 2.00 bits per heavy atom. The molecule has 3 N–H and O–H groups in total. The molecule has 10 heteroatoms. The van der Waals surface area contributed by atoms with Crippen molar-refractivity contribution in [1.29, 1.82) is 0 Å². The van der Waals surface area contributed by atoms with Crippen molar-refractivity contribution in [1.82, 2.24) is 5.32 Å². The number of nitrogens with one attached hydrogen (secondary N) is 2. The van der Waals surface area contributed by atoms with Gasteiger partial charge in [-0.15, -0.1) is 0 Å². The van der Waals surface area contributed by atoms with Crippen molar-refractivity contribution >= 4 is 23.2 Å². The van der Waals surface area contributed by atoms with Gasteiger partial charge in [-0.05, 0) is 18.2 Å². The molecule has 1 unspecified atom stereocenters. The average molecular weight is 389 g/mol. The zero-order valence-corrected chi connectivity index (χ0v) is 14.5. The molecule has 0 saturated carbocycles. The molecule has 1 aliphatic heterocycles. The van der Waals surface area contributed by atoms with Gasteiger partial charge in [-0.3, -0.25) is 19.7 Å². The topological polar surface area (TPSA) is 131 Å². The van der Waals surface area contributed by atoms with Crippen LogP contribution in [0.3, 0.4) is 0 Å². The molecular weight excluding hydrogens is 373 g/mol. The minimum atomic E-state index is -1.40. The molecule has 1 atom stereocenters. The predicted octanol–water partition coefficient (Wildman–Crippen LogP) is 1.46. The molecule has 0 fully saturated rings. The highest BCUT2D eigenvalue weighted by molar-refractivity contribution is 6.39. The molecule has 146 valence electrons. The van der Waals surface area contributed by atoms with E-state index >= 15 is 0 Å². The van der Waals surface area contributed by atoms with Crippen LogP contribution in [0.15, 0.2) is 42.5 Å². The van der Waals surface area contributed by atoms with Crippen LogP contribution in [-0.4, -0.2) is 35.0 Å². The number of carbonyl (C=O) groups excluding carboxylic acids is 2. The molecule has 9 nitrogen and oxygen atoms in total. The normalized spacial score (nSPS) is 17.8. The molecule has 0 radical (unpaired) electrons. The number of carbonyl (C=O) groups is 2. The van der Waals surface area contributed by atoms with Crippen LogP contribution in [0.5, 0.6) is 5.75 Å². The van der Waals surface area contributed by atoms with Crippen molar-refractivity contribution in [3.63, 3.8) is 0 Å². The number of halogens is 1.